The van der Waals surface area contributed by atoms with E-state index in [0.29, 0.717) is 0 Å². The minimum atomic E-state index is -1.20. The molecule has 0 fully saturated rings. The predicted molar refractivity (Wildman–Crippen MR) is 196 cm³/mol. The zero-order valence-corrected chi connectivity index (χ0v) is 28.0. The van der Waals surface area contributed by atoms with E-state index in [2.05, 4.69) is 111 Å². The van der Waals surface area contributed by atoms with Crippen LogP contribution in [0.15, 0.2) is 121 Å². The van der Waals surface area contributed by atoms with Crippen molar-refractivity contribution in [3.63, 3.8) is 0 Å². The molecule has 0 radical (unpaired) electrons. The van der Waals surface area contributed by atoms with Gasteiger partial charge in [0.1, 0.15) is 11.6 Å². The summed E-state index contributed by atoms with van der Waals surface area (Å²) < 4.78 is 29.9. The van der Waals surface area contributed by atoms with Gasteiger partial charge in [-0.15, -0.1) is 0 Å². The van der Waals surface area contributed by atoms with Crippen LogP contribution in [0.5, 0.6) is 0 Å². The summed E-state index contributed by atoms with van der Waals surface area (Å²) in [6.45, 7) is 8.39. The van der Waals surface area contributed by atoms with Crippen LogP contribution in [-0.4, -0.2) is 0 Å². The molecule has 1 aliphatic rings. The van der Waals surface area contributed by atoms with Crippen molar-refractivity contribution in [3.05, 3.63) is 155 Å². The Morgan fingerprint density at radius 3 is 1.22 bits per heavy atom. The second-order valence-electron chi connectivity index (χ2n) is 12.0. The summed E-state index contributed by atoms with van der Waals surface area (Å²) in [4.78, 5) is 0. The van der Waals surface area contributed by atoms with E-state index >= 15 is 0 Å². The van der Waals surface area contributed by atoms with Crippen LogP contribution in [0.1, 0.15) is 22.3 Å². The van der Waals surface area contributed by atoms with E-state index in [1.807, 2.05) is 12.1 Å². The summed E-state index contributed by atoms with van der Waals surface area (Å²) in [6.07, 6.45) is 0. The van der Waals surface area contributed by atoms with E-state index < -0.39 is 15.8 Å². The first-order valence-electron chi connectivity index (χ1n) is 15.3. The smallest absolute Gasteiger partial charge is 0.123 e. The Bertz CT molecular complexity index is 1960. The topological polar surface area (TPSA) is 24.1 Å². The molecular formula is C40H34F2N2P2. The summed E-state index contributed by atoms with van der Waals surface area (Å²) in [5.41, 5.74) is 8.40. The quantitative estimate of drug-likeness (QED) is 0.185. The first-order valence-corrected chi connectivity index (χ1v) is 18.0. The number of anilines is 4. The second kappa shape index (κ2) is 12.4. The molecule has 0 saturated carbocycles. The molecule has 6 aromatic rings. The lowest BCUT2D eigenvalue weighted by atomic mass is 10.2. The van der Waals surface area contributed by atoms with Crippen LogP contribution in [0.4, 0.5) is 31.5 Å². The monoisotopic (exact) mass is 642 g/mol. The summed E-state index contributed by atoms with van der Waals surface area (Å²) in [6, 6.07) is 40.0. The number of halogens is 2. The number of aryl methyl sites for hydroxylation is 4. The van der Waals surface area contributed by atoms with E-state index in [4.69, 9.17) is 0 Å². The SMILES string of the molecule is Cc1ccc2c(c1)Nc1cc(C)ccc1P(c1cccc(F)c1)c1cc(C)ccc1Nc1ccc(C)cc1P2c1cccc(F)c1. The van der Waals surface area contributed by atoms with E-state index in [1.54, 1.807) is 24.3 Å². The van der Waals surface area contributed by atoms with E-state index in [-0.39, 0.29) is 11.6 Å². The van der Waals surface area contributed by atoms with Gasteiger partial charge in [0.25, 0.3) is 0 Å². The normalized spacial score (nSPS) is 15.5. The molecule has 2 N–H and O–H groups in total. The Kier molecular flexibility index (Phi) is 8.20. The van der Waals surface area contributed by atoms with Gasteiger partial charge in [0.05, 0.1) is 0 Å². The number of fused-ring (bicyclic) bond motifs is 4. The van der Waals surface area contributed by atoms with Crippen molar-refractivity contribution in [2.45, 2.75) is 27.7 Å². The van der Waals surface area contributed by atoms with Gasteiger partial charge in [-0.1, -0.05) is 71.8 Å². The summed E-state index contributed by atoms with van der Waals surface area (Å²) >= 11 is 0. The fourth-order valence-electron chi connectivity index (χ4n) is 6.09. The predicted octanol–water partition coefficient (Wildman–Crippen LogP) is 8.52. The first kappa shape index (κ1) is 30.3. The van der Waals surface area contributed by atoms with Gasteiger partial charge in [0.2, 0.25) is 0 Å². The Labute approximate surface area is 272 Å². The van der Waals surface area contributed by atoms with Crippen LogP contribution in [0, 0.1) is 39.3 Å². The van der Waals surface area contributed by atoms with Crippen LogP contribution in [0.3, 0.4) is 0 Å². The number of rotatable bonds is 2. The molecular weight excluding hydrogens is 608 g/mol. The molecule has 1 heterocycles. The Balaban J connectivity index is 1.60. The van der Waals surface area contributed by atoms with Crippen LogP contribution in [0.25, 0.3) is 0 Å². The molecule has 46 heavy (non-hydrogen) atoms. The van der Waals surface area contributed by atoms with Crippen LogP contribution >= 0.6 is 15.8 Å². The zero-order valence-electron chi connectivity index (χ0n) is 26.2. The van der Waals surface area contributed by atoms with Gasteiger partial charge in [0.15, 0.2) is 0 Å². The van der Waals surface area contributed by atoms with Crippen LogP contribution < -0.4 is 42.5 Å². The maximum Gasteiger partial charge on any atom is 0.123 e. The van der Waals surface area contributed by atoms with Crippen LogP contribution in [-0.2, 0) is 0 Å². The van der Waals surface area contributed by atoms with Crippen molar-refractivity contribution in [2.24, 2.45) is 0 Å². The van der Waals surface area contributed by atoms with Gasteiger partial charge in [-0.2, -0.15) is 0 Å². The molecule has 2 atom stereocenters. The van der Waals surface area contributed by atoms with Gasteiger partial charge >= 0.3 is 0 Å². The minimum absolute atomic E-state index is 0.252. The Hall–Kier alpha value is -4.36. The highest BCUT2D eigenvalue weighted by atomic mass is 31.1. The summed E-state index contributed by atoms with van der Waals surface area (Å²) in [5.74, 6) is -0.505. The van der Waals surface area contributed by atoms with Crippen molar-refractivity contribution >= 4 is 70.4 Å². The molecule has 7 rings (SSSR count). The molecule has 0 spiro atoms. The highest BCUT2D eigenvalue weighted by Crippen LogP contribution is 2.44. The lowest BCUT2D eigenvalue weighted by Crippen LogP contribution is -2.29. The van der Waals surface area contributed by atoms with Gasteiger partial charge in [-0.3, -0.25) is 0 Å². The molecule has 0 aliphatic carbocycles. The standard InChI is InChI=1S/C40H34F2N2P2/c1-25-13-17-37-35(19-25)44-36-20-26(2)14-18-38(36)46(32-10-6-8-30(42)24-32)40-22-28(4)12-16-34(40)43-33-15-11-27(3)21-39(33)45(37)31-9-5-7-29(41)23-31/h5-24,43-44H,1-4H3. The van der Waals surface area contributed by atoms with Crippen molar-refractivity contribution in [1.82, 2.24) is 0 Å². The number of hydrogen-bond donors (Lipinski definition) is 2. The highest BCUT2D eigenvalue weighted by Gasteiger charge is 2.28. The van der Waals surface area contributed by atoms with E-state index in [0.717, 1.165) is 76.8 Å². The van der Waals surface area contributed by atoms with Crippen molar-refractivity contribution in [3.8, 4) is 0 Å². The maximum absolute atomic E-state index is 14.9. The fraction of sp³-hybridized carbons (Fsp3) is 0.100. The molecule has 0 aromatic heterocycles. The van der Waals surface area contributed by atoms with E-state index in [9.17, 15) is 8.78 Å². The maximum atomic E-state index is 14.9. The number of hydrogen-bond acceptors (Lipinski definition) is 2. The van der Waals surface area contributed by atoms with Gasteiger partial charge in [-0.25, -0.2) is 8.78 Å². The Morgan fingerprint density at radius 2 is 0.783 bits per heavy atom. The van der Waals surface area contributed by atoms with Crippen molar-refractivity contribution in [2.75, 3.05) is 10.6 Å². The highest BCUT2D eigenvalue weighted by molar-refractivity contribution is 7.81. The molecule has 6 aromatic carbocycles. The lowest BCUT2D eigenvalue weighted by molar-refractivity contribution is 0.628. The average molecular weight is 643 g/mol. The molecule has 2 nitrogen and oxygen atoms in total. The van der Waals surface area contributed by atoms with Gasteiger partial charge < -0.3 is 10.6 Å². The largest absolute Gasteiger partial charge is 0.354 e. The third-order valence-corrected chi connectivity index (χ3v) is 13.3. The van der Waals surface area contributed by atoms with Crippen molar-refractivity contribution < 1.29 is 8.78 Å². The van der Waals surface area contributed by atoms with Crippen LogP contribution in [0.2, 0.25) is 0 Å². The second-order valence-corrected chi connectivity index (χ2v) is 16.3. The minimum Gasteiger partial charge on any atom is -0.354 e. The molecule has 2 unspecified atom stereocenters. The van der Waals surface area contributed by atoms with Crippen molar-refractivity contribution in [1.29, 1.82) is 0 Å². The van der Waals surface area contributed by atoms with Gasteiger partial charge in [-0.05, 0) is 126 Å². The molecule has 6 heteroatoms. The Morgan fingerprint density at radius 1 is 0.391 bits per heavy atom. The molecule has 0 saturated heterocycles. The number of nitrogens with one attached hydrogen (secondary N) is 2. The van der Waals surface area contributed by atoms with Gasteiger partial charge in [0, 0.05) is 44.0 Å². The third-order valence-electron chi connectivity index (χ3n) is 8.25. The molecule has 228 valence electrons. The van der Waals surface area contributed by atoms with E-state index in [1.165, 1.54) is 12.1 Å². The molecule has 1 aliphatic heterocycles. The summed E-state index contributed by atoms with van der Waals surface area (Å²) in [7, 11) is -2.39. The first-order chi connectivity index (χ1) is 22.2. The third kappa shape index (κ3) is 5.96. The summed E-state index contributed by atoms with van der Waals surface area (Å²) in [5, 5.41) is 14.0. The molecule has 0 bridgehead atoms. The lowest BCUT2D eigenvalue weighted by Gasteiger charge is -2.30. The number of benzene rings is 6. The fourth-order valence-corrected chi connectivity index (χ4v) is 11.3. The average Bonchev–Trinajstić information content (AvgIpc) is 3.01. The zero-order chi connectivity index (χ0) is 31.9. The molecule has 0 amide bonds.